The number of carbonyl (C=O) groups excluding carboxylic acids is 1. The first-order valence-corrected chi connectivity index (χ1v) is 6.63. The molecule has 5 nitrogen and oxygen atoms in total. The Hall–Kier alpha value is -1.69. The zero-order valence-corrected chi connectivity index (χ0v) is 11.9. The summed E-state index contributed by atoms with van der Waals surface area (Å²) < 4.78 is 0. The molecule has 1 heterocycles. The Labute approximate surface area is 117 Å². The number of nitrogens with one attached hydrogen (secondary N) is 1. The summed E-state index contributed by atoms with van der Waals surface area (Å²) in [6.07, 6.45) is 3.03. The van der Waals surface area contributed by atoms with E-state index in [2.05, 4.69) is 10.3 Å². The first-order valence-electron chi connectivity index (χ1n) is 6.22. The molecule has 0 aliphatic heterocycles. The van der Waals surface area contributed by atoms with Crippen molar-refractivity contribution in [3.8, 4) is 0 Å². The van der Waals surface area contributed by atoms with Crippen LogP contribution in [0.3, 0.4) is 0 Å². The summed E-state index contributed by atoms with van der Waals surface area (Å²) in [6, 6.07) is 1.97. The van der Waals surface area contributed by atoms with Crippen LogP contribution >= 0.6 is 12.2 Å². The van der Waals surface area contributed by atoms with E-state index in [0.29, 0.717) is 11.4 Å². The van der Waals surface area contributed by atoms with E-state index >= 15 is 0 Å². The number of aromatic nitrogens is 1. The van der Waals surface area contributed by atoms with Gasteiger partial charge in [0.1, 0.15) is 16.3 Å². The number of rotatable bonds is 4. The fourth-order valence-electron chi connectivity index (χ4n) is 2.11. The molecule has 5 N–H and O–H groups in total. The van der Waals surface area contributed by atoms with Crippen LogP contribution in [-0.4, -0.2) is 21.4 Å². The maximum atomic E-state index is 11.4. The van der Waals surface area contributed by atoms with Gasteiger partial charge in [-0.25, -0.2) is 4.98 Å². The third kappa shape index (κ3) is 2.68. The molecule has 0 spiro atoms. The molecule has 0 aromatic carbocycles. The van der Waals surface area contributed by atoms with Gasteiger partial charge in [-0.2, -0.15) is 0 Å². The lowest BCUT2D eigenvalue weighted by Gasteiger charge is -2.24. The van der Waals surface area contributed by atoms with Crippen molar-refractivity contribution in [1.29, 1.82) is 0 Å². The topological polar surface area (TPSA) is 94.0 Å². The Balaban J connectivity index is 2.44. The number of fused-ring (bicyclic) bond motifs is 1. The van der Waals surface area contributed by atoms with Crippen LogP contribution in [0.1, 0.15) is 37.1 Å². The molecule has 102 valence electrons. The van der Waals surface area contributed by atoms with Crippen LogP contribution in [0.5, 0.6) is 0 Å². The van der Waals surface area contributed by atoms with E-state index in [4.69, 9.17) is 23.7 Å². The maximum Gasteiger partial charge on any atom is 0.242 e. The predicted octanol–water partition coefficient (Wildman–Crippen LogP) is 0.880. The first kappa shape index (κ1) is 13.7. The van der Waals surface area contributed by atoms with Gasteiger partial charge in [-0.1, -0.05) is 12.2 Å². The summed E-state index contributed by atoms with van der Waals surface area (Å²) in [6.45, 7) is 3.40. The second-order valence-corrected chi connectivity index (χ2v) is 5.76. The molecular formula is C13H18N4OS. The minimum Gasteiger partial charge on any atom is -0.389 e. The fourth-order valence-corrected chi connectivity index (χ4v) is 2.27. The molecule has 1 aromatic heterocycles. The normalized spacial score (nSPS) is 14.0. The zero-order chi connectivity index (χ0) is 14.2. The second kappa shape index (κ2) is 4.77. The quantitative estimate of drug-likeness (QED) is 0.711. The van der Waals surface area contributed by atoms with Crippen molar-refractivity contribution in [1.82, 2.24) is 4.98 Å². The molecule has 0 atom stereocenters. The van der Waals surface area contributed by atoms with Gasteiger partial charge >= 0.3 is 0 Å². The molecule has 0 bridgehead atoms. The zero-order valence-electron chi connectivity index (χ0n) is 11.1. The highest BCUT2D eigenvalue weighted by atomic mass is 32.1. The molecule has 0 saturated heterocycles. The van der Waals surface area contributed by atoms with Gasteiger partial charge in [0.05, 0.1) is 5.56 Å². The van der Waals surface area contributed by atoms with Gasteiger partial charge in [0, 0.05) is 5.69 Å². The van der Waals surface area contributed by atoms with E-state index in [9.17, 15) is 4.79 Å². The van der Waals surface area contributed by atoms with Gasteiger partial charge in [-0.3, -0.25) is 4.79 Å². The Morgan fingerprint density at radius 1 is 1.42 bits per heavy atom. The maximum absolute atomic E-state index is 11.4. The summed E-state index contributed by atoms with van der Waals surface area (Å²) in [7, 11) is 0. The lowest BCUT2D eigenvalue weighted by molar-refractivity contribution is -0.121. The number of carbonyl (C=O) groups is 1. The van der Waals surface area contributed by atoms with Crippen LogP contribution in [0, 0.1) is 0 Å². The summed E-state index contributed by atoms with van der Waals surface area (Å²) >= 11 is 5.06. The van der Waals surface area contributed by atoms with Crippen molar-refractivity contribution in [2.24, 2.45) is 11.5 Å². The summed E-state index contributed by atoms with van der Waals surface area (Å²) in [5.74, 6) is 0.0839. The number of nitrogens with zero attached hydrogens (tertiary/aromatic N) is 1. The van der Waals surface area contributed by atoms with Gasteiger partial charge in [0.25, 0.3) is 0 Å². The number of pyridine rings is 1. The van der Waals surface area contributed by atoms with Gasteiger partial charge in [0.15, 0.2) is 0 Å². The van der Waals surface area contributed by atoms with Crippen molar-refractivity contribution in [3.63, 3.8) is 0 Å². The van der Waals surface area contributed by atoms with Crippen LogP contribution in [-0.2, 0) is 17.6 Å². The number of hydrogen-bond donors (Lipinski definition) is 3. The molecule has 1 aliphatic carbocycles. The first-order chi connectivity index (χ1) is 8.81. The van der Waals surface area contributed by atoms with Crippen molar-refractivity contribution in [3.05, 3.63) is 22.9 Å². The second-order valence-electron chi connectivity index (χ2n) is 5.32. The molecule has 0 unspecified atom stereocenters. The van der Waals surface area contributed by atoms with Gasteiger partial charge in [0.2, 0.25) is 5.91 Å². The Kier molecular flexibility index (Phi) is 3.45. The van der Waals surface area contributed by atoms with E-state index in [1.165, 1.54) is 5.56 Å². The van der Waals surface area contributed by atoms with E-state index < -0.39 is 11.4 Å². The number of anilines is 1. The highest BCUT2D eigenvalue weighted by Gasteiger charge is 2.27. The Bertz CT molecular complexity index is 554. The minimum atomic E-state index is -0.903. The average Bonchev–Trinajstić information content (AvgIpc) is 2.73. The molecule has 0 saturated carbocycles. The molecule has 19 heavy (non-hydrogen) atoms. The summed E-state index contributed by atoms with van der Waals surface area (Å²) in [4.78, 5) is 16.2. The number of amides is 1. The number of hydrogen-bond acceptors (Lipinski definition) is 4. The number of thiocarbonyl (C=S) groups is 1. The summed E-state index contributed by atoms with van der Waals surface area (Å²) in [5.41, 5.74) is 13.1. The largest absolute Gasteiger partial charge is 0.389 e. The molecule has 0 fully saturated rings. The van der Waals surface area contributed by atoms with Crippen LogP contribution in [0.4, 0.5) is 5.82 Å². The van der Waals surface area contributed by atoms with Gasteiger partial charge < -0.3 is 16.8 Å². The Morgan fingerprint density at radius 3 is 2.68 bits per heavy atom. The molecule has 1 aromatic rings. The van der Waals surface area contributed by atoms with Crippen LogP contribution in [0.2, 0.25) is 0 Å². The highest BCUT2D eigenvalue weighted by molar-refractivity contribution is 7.80. The molecule has 1 aliphatic rings. The van der Waals surface area contributed by atoms with Crippen molar-refractivity contribution < 1.29 is 4.79 Å². The molecule has 2 rings (SSSR count). The van der Waals surface area contributed by atoms with Gasteiger partial charge in [-0.05, 0) is 44.7 Å². The van der Waals surface area contributed by atoms with Gasteiger partial charge in [-0.15, -0.1) is 0 Å². The molecular weight excluding hydrogens is 260 g/mol. The van der Waals surface area contributed by atoms with E-state index in [-0.39, 0.29) is 4.99 Å². The highest BCUT2D eigenvalue weighted by Crippen LogP contribution is 2.26. The lowest BCUT2D eigenvalue weighted by Crippen LogP contribution is -2.45. The monoisotopic (exact) mass is 278 g/mol. The van der Waals surface area contributed by atoms with E-state index in [1.807, 2.05) is 6.07 Å². The third-order valence-electron chi connectivity index (χ3n) is 3.36. The van der Waals surface area contributed by atoms with Crippen molar-refractivity contribution in [2.75, 3.05) is 5.32 Å². The van der Waals surface area contributed by atoms with Crippen molar-refractivity contribution in [2.45, 2.75) is 38.6 Å². The molecule has 1 amide bonds. The smallest absolute Gasteiger partial charge is 0.242 e. The predicted molar refractivity (Wildman–Crippen MR) is 79.0 cm³/mol. The van der Waals surface area contributed by atoms with E-state index in [1.54, 1.807) is 13.8 Å². The number of aryl methyl sites for hydroxylation is 2. The average molecular weight is 278 g/mol. The van der Waals surface area contributed by atoms with Crippen LogP contribution in [0.15, 0.2) is 6.07 Å². The number of primary amides is 1. The molecule has 6 heteroatoms. The third-order valence-corrected chi connectivity index (χ3v) is 3.58. The molecule has 0 radical (unpaired) electrons. The van der Waals surface area contributed by atoms with Crippen LogP contribution < -0.4 is 16.8 Å². The fraction of sp³-hybridized carbons (Fsp3) is 0.462. The SMILES string of the molecule is CC(C)(Nc1nc2c(cc1C(N)=S)CCC2)C(N)=O. The number of nitrogens with two attached hydrogens (primary N) is 2. The Morgan fingerprint density at radius 2 is 2.11 bits per heavy atom. The lowest BCUT2D eigenvalue weighted by atomic mass is 10.0. The standard InChI is InChI=1S/C13H18N4OS/c1-13(2,12(15)18)17-11-8(10(14)19)6-7-4-3-5-9(7)16-11/h6H,3-5H2,1-2H3,(H2,14,19)(H2,15,18)(H,16,17). The van der Waals surface area contributed by atoms with Crippen molar-refractivity contribution >= 4 is 28.9 Å². The van der Waals surface area contributed by atoms with Crippen LogP contribution in [0.25, 0.3) is 0 Å². The minimum absolute atomic E-state index is 0.268. The summed E-state index contributed by atoms with van der Waals surface area (Å²) in [5, 5.41) is 3.04. The van der Waals surface area contributed by atoms with E-state index in [0.717, 1.165) is 25.0 Å².